The first-order valence-electron chi connectivity index (χ1n) is 6.10. The van der Waals surface area contributed by atoms with Gasteiger partial charge in [0, 0.05) is 24.1 Å². The van der Waals surface area contributed by atoms with Gasteiger partial charge in [-0.3, -0.25) is 0 Å². The third kappa shape index (κ3) is 3.27. The quantitative estimate of drug-likeness (QED) is 0.839. The van der Waals surface area contributed by atoms with Crippen molar-refractivity contribution >= 4 is 11.6 Å². The van der Waals surface area contributed by atoms with Gasteiger partial charge in [0.15, 0.2) is 11.5 Å². The van der Waals surface area contributed by atoms with Gasteiger partial charge in [-0.05, 0) is 24.6 Å². The first kappa shape index (κ1) is 12.5. The van der Waals surface area contributed by atoms with Gasteiger partial charge < -0.3 is 14.8 Å². The van der Waals surface area contributed by atoms with E-state index in [4.69, 9.17) is 21.1 Å². The van der Waals surface area contributed by atoms with Crippen molar-refractivity contribution in [3.63, 3.8) is 0 Å². The van der Waals surface area contributed by atoms with Gasteiger partial charge in [0.25, 0.3) is 0 Å². The highest BCUT2D eigenvalue weighted by atomic mass is 35.5. The zero-order valence-electron chi connectivity index (χ0n) is 10.1. The molecular weight excluding hydrogens is 238 g/mol. The smallest absolute Gasteiger partial charge is 0.162 e. The summed E-state index contributed by atoms with van der Waals surface area (Å²) in [5.41, 5.74) is 1.06. The monoisotopic (exact) mass is 255 g/mol. The van der Waals surface area contributed by atoms with E-state index in [0.29, 0.717) is 13.2 Å². The van der Waals surface area contributed by atoms with Crippen LogP contribution >= 0.6 is 11.6 Å². The van der Waals surface area contributed by atoms with E-state index in [2.05, 4.69) is 12.2 Å². The maximum Gasteiger partial charge on any atom is 0.162 e. The average Bonchev–Trinajstić information content (AvgIpc) is 2.54. The number of nitrogens with one attached hydrogen (secondary N) is 1. The third-order valence-corrected chi connectivity index (χ3v) is 3.01. The maximum atomic E-state index is 6.22. The Morgan fingerprint density at radius 3 is 2.65 bits per heavy atom. The number of hydrogen-bond acceptors (Lipinski definition) is 3. The van der Waals surface area contributed by atoms with Crippen LogP contribution in [-0.4, -0.2) is 19.8 Å². The van der Waals surface area contributed by atoms with E-state index in [0.717, 1.165) is 48.0 Å². The Balaban J connectivity index is 2.14. The molecule has 2 rings (SSSR count). The van der Waals surface area contributed by atoms with Gasteiger partial charge in [0.1, 0.15) is 0 Å². The Morgan fingerprint density at radius 1 is 1.24 bits per heavy atom. The van der Waals surface area contributed by atoms with Gasteiger partial charge in [-0.15, -0.1) is 0 Å². The molecule has 0 aromatic heterocycles. The largest absolute Gasteiger partial charge is 0.490 e. The van der Waals surface area contributed by atoms with Gasteiger partial charge in [0.05, 0.1) is 13.2 Å². The summed E-state index contributed by atoms with van der Waals surface area (Å²) < 4.78 is 11.2. The van der Waals surface area contributed by atoms with Crippen LogP contribution in [0.3, 0.4) is 0 Å². The van der Waals surface area contributed by atoms with Crippen molar-refractivity contribution < 1.29 is 9.47 Å². The first-order valence-corrected chi connectivity index (χ1v) is 6.48. The van der Waals surface area contributed by atoms with Crippen molar-refractivity contribution in [2.24, 2.45) is 0 Å². The molecule has 4 heteroatoms. The summed E-state index contributed by atoms with van der Waals surface area (Å²) in [5, 5.41) is 4.07. The number of fused-ring (bicyclic) bond motifs is 1. The molecule has 3 nitrogen and oxygen atoms in total. The van der Waals surface area contributed by atoms with Gasteiger partial charge in [0.2, 0.25) is 0 Å². The average molecular weight is 256 g/mol. The van der Waals surface area contributed by atoms with E-state index in [1.165, 1.54) is 0 Å². The van der Waals surface area contributed by atoms with Gasteiger partial charge in [-0.1, -0.05) is 18.5 Å². The molecule has 1 aromatic rings. The number of ether oxygens (including phenoxy) is 2. The van der Waals surface area contributed by atoms with E-state index in [1.54, 1.807) is 0 Å². The Morgan fingerprint density at radius 2 is 1.94 bits per heavy atom. The first-order chi connectivity index (χ1) is 8.31. The highest BCUT2D eigenvalue weighted by Crippen LogP contribution is 2.34. The summed E-state index contributed by atoms with van der Waals surface area (Å²) in [7, 11) is 0. The minimum absolute atomic E-state index is 0.691. The molecule has 0 aliphatic carbocycles. The minimum Gasteiger partial charge on any atom is -0.490 e. The number of hydrogen-bond donors (Lipinski definition) is 1. The molecule has 0 unspecified atom stereocenters. The normalized spacial score (nSPS) is 14.5. The van der Waals surface area contributed by atoms with Crippen LogP contribution in [0.25, 0.3) is 0 Å². The zero-order valence-corrected chi connectivity index (χ0v) is 10.8. The number of benzene rings is 1. The van der Waals surface area contributed by atoms with Crippen LogP contribution < -0.4 is 14.8 Å². The van der Waals surface area contributed by atoms with Crippen molar-refractivity contribution in [2.75, 3.05) is 19.8 Å². The molecule has 1 aliphatic heterocycles. The fourth-order valence-corrected chi connectivity index (χ4v) is 1.98. The Kier molecular flexibility index (Phi) is 4.51. The number of halogens is 1. The van der Waals surface area contributed by atoms with Crippen molar-refractivity contribution in [3.05, 3.63) is 22.7 Å². The van der Waals surface area contributed by atoms with E-state index >= 15 is 0 Å². The SMILES string of the molecule is CCCNCc1cc2c(cc1Cl)OCCCO2. The standard InChI is InChI=1S/C13H18ClNO2/c1-2-4-15-9-10-7-12-13(8-11(10)14)17-6-3-5-16-12/h7-8,15H,2-6,9H2,1H3. The molecule has 94 valence electrons. The summed E-state index contributed by atoms with van der Waals surface area (Å²) in [4.78, 5) is 0. The third-order valence-electron chi connectivity index (χ3n) is 2.66. The van der Waals surface area contributed by atoms with Crippen LogP contribution in [0.2, 0.25) is 5.02 Å². The predicted molar refractivity (Wildman–Crippen MR) is 69.1 cm³/mol. The minimum atomic E-state index is 0.691. The molecule has 1 aliphatic rings. The lowest BCUT2D eigenvalue weighted by molar-refractivity contribution is 0.297. The molecule has 1 aromatic carbocycles. The van der Waals surface area contributed by atoms with Crippen LogP contribution in [-0.2, 0) is 6.54 Å². The van der Waals surface area contributed by atoms with Crippen molar-refractivity contribution in [1.29, 1.82) is 0 Å². The topological polar surface area (TPSA) is 30.5 Å². The lowest BCUT2D eigenvalue weighted by Crippen LogP contribution is -2.14. The van der Waals surface area contributed by atoms with Crippen LogP contribution in [0, 0.1) is 0 Å². The highest BCUT2D eigenvalue weighted by Gasteiger charge is 2.13. The summed E-state index contributed by atoms with van der Waals surface area (Å²) in [5.74, 6) is 1.56. The molecule has 17 heavy (non-hydrogen) atoms. The van der Waals surface area contributed by atoms with E-state index in [9.17, 15) is 0 Å². The Hall–Kier alpha value is -0.930. The molecule has 1 heterocycles. The summed E-state index contributed by atoms with van der Waals surface area (Å²) in [6.07, 6.45) is 2.03. The summed E-state index contributed by atoms with van der Waals surface area (Å²) in [6.45, 7) is 5.30. The van der Waals surface area contributed by atoms with Crippen LogP contribution in [0.4, 0.5) is 0 Å². The molecule has 0 bridgehead atoms. The Bertz CT molecular complexity index is 382. The molecule has 0 amide bonds. The lowest BCUT2D eigenvalue weighted by atomic mass is 10.2. The van der Waals surface area contributed by atoms with E-state index < -0.39 is 0 Å². The fraction of sp³-hybridized carbons (Fsp3) is 0.538. The molecule has 0 saturated heterocycles. The van der Waals surface area contributed by atoms with Crippen molar-refractivity contribution in [1.82, 2.24) is 5.32 Å². The van der Waals surface area contributed by atoms with Gasteiger partial charge in [-0.25, -0.2) is 0 Å². The predicted octanol–water partition coefficient (Wildman–Crippen LogP) is 3.00. The Labute approximate surface area is 107 Å². The van der Waals surface area contributed by atoms with Crippen molar-refractivity contribution in [2.45, 2.75) is 26.3 Å². The lowest BCUT2D eigenvalue weighted by Gasteiger charge is -2.11. The molecule has 0 atom stereocenters. The second kappa shape index (κ2) is 6.12. The molecule has 0 spiro atoms. The van der Waals surface area contributed by atoms with Crippen molar-refractivity contribution in [3.8, 4) is 11.5 Å². The fourth-order valence-electron chi connectivity index (χ4n) is 1.76. The molecule has 0 radical (unpaired) electrons. The molecule has 1 N–H and O–H groups in total. The molecule has 0 saturated carbocycles. The van der Waals surface area contributed by atoms with E-state index in [-0.39, 0.29) is 0 Å². The molecule has 0 fully saturated rings. The van der Waals surface area contributed by atoms with E-state index in [1.807, 2.05) is 12.1 Å². The van der Waals surface area contributed by atoms with Crippen LogP contribution in [0.15, 0.2) is 12.1 Å². The summed E-state index contributed by atoms with van der Waals surface area (Å²) >= 11 is 6.22. The van der Waals surface area contributed by atoms with Crippen LogP contribution in [0.5, 0.6) is 11.5 Å². The van der Waals surface area contributed by atoms with Crippen LogP contribution in [0.1, 0.15) is 25.3 Å². The number of rotatable bonds is 4. The molecular formula is C13H18ClNO2. The second-order valence-corrected chi connectivity index (χ2v) is 4.52. The zero-order chi connectivity index (χ0) is 12.1. The summed E-state index contributed by atoms with van der Waals surface area (Å²) in [6, 6.07) is 3.83. The second-order valence-electron chi connectivity index (χ2n) is 4.12. The maximum absolute atomic E-state index is 6.22. The van der Waals surface area contributed by atoms with Gasteiger partial charge in [-0.2, -0.15) is 0 Å². The van der Waals surface area contributed by atoms with Gasteiger partial charge >= 0.3 is 0 Å². The highest BCUT2D eigenvalue weighted by molar-refractivity contribution is 6.31.